The molecule has 10 heavy (non-hydrogen) atoms. The van der Waals surface area contributed by atoms with Crippen molar-refractivity contribution in [1.29, 1.82) is 0 Å². The summed E-state index contributed by atoms with van der Waals surface area (Å²) in [6.07, 6.45) is 2.98. The highest BCUT2D eigenvalue weighted by Crippen LogP contribution is 2.18. The maximum absolute atomic E-state index is 9.11. The molecule has 0 saturated heterocycles. The molecule has 3 nitrogen and oxygen atoms in total. The quantitative estimate of drug-likeness (QED) is 0.464. The first kappa shape index (κ1) is 7.98. The average molecular weight is 144 g/mol. The van der Waals surface area contributed by atoms with Gasteiger partial charge in [0.1, 0.15) is 0 Å². The smallest absolute Gasteiger partial charge is 0.0693 e. The lowest BCUT2D eigenvalue weighted by Crippen LogP contribution is -2.48. The summed E-state index contributed by atoms with van der Waals surface area (Å²) in [7, 11) is 0. The Kier molecular flexibility index (Phi) is 3.12. The van der Waals surface area contributed by atoms with Crippen LogP contribution in [0.25, 0.3) is 0 Å². The normalized spacial score (nSPS) is 31.8. The molecule has 60 valence electrons. The molecule has 1 rings (SSSR count). The van der Waals surface area contributed by atoms with E-state index in [2.05, 4.69) is 5.32 Å². The molecule has 3 heteroatoms. The lowest BCUT2D eigenvalue weighted by atomic mass is 9.89. The zero-order chi connectivity index (χ0) is 7.40. The summed E-state index contributed by atoms with van der Waals surface area (Å²) in [4.78, 5) is 0. The van der Waals surface area contributed by atoms with Crippen molar-refractivity contribution in [1.82, 2.24) is 5.32 Å². The van der Waals surface area contributed by atoms with Gasteiger partial charge in [0.05, 0.1) is 6.10 Å². The summed E-state index contributed by atoms with van der Waals surface area (Å²) in [5.41, 5.74) is 5.31. The molecular weight excluding hydrogens is 128 g/mol. The van der Waals surface area contributed by atoms with E-state index in [1.54, 1.807) is 0 Å². The number of hydrogen-bond acceptors (Lipinski definition) is 3. The molecule has 4 N–H and O–H groups in total. The summed E-state index contributed by atoms with van der Waals surface area (Å²) in [6.45, 7) is 1.67. The van der Waals surface area contributed by atoms with Gasteiger partial charge in [0.2, 0.25) is 0 Å². The zero-order valence-electron chi connectivity index (χ0n) is 6.21. The largest absolute Gasteiger partial charge is 0.392 e. The van der Waals surface area contributed by atoms with E-state index in [4.69, 9.17) is 10.8 Å². The van der Waals surface area contributed by atoms with Crippen molar-refractivity contribution in [2.45, 2.75) is 31.4 Å². The molecule has 1 aliphatic carbocycles. The molecule has 1 aliphatic rings. The van der Waals surface area contributed by atoms with Gasteiger partial charge in [0.25, 0.3) is 0 Å². The zero-order valence-corrected chi connectivity index (χ0v) is 6.21. The minimum absolute atomic E-state index is 0.0993. The van der Waals surface area contributed by atoms with Crippen molar-refractivity contribution >= 4 is 0 Å². The van der Waals surface area contributed by atoms with Gasteiger partial charge < -0.3 is 16.2 Å². The number of hydrogen-bond donors (Lipinski definition) is 3. The molecule has 1 saturated carbocycles. The topological polar surface area (TPSA) is 58.3 Å². The average Bonchev–Trinajstić information content (AvgIpc) is 1.95. The Balaban J connectivity index is 1.92. The molecular formula is C7H16N2O. The molecule has 0 radical (unpaired) electrons. The van der Waals surface area contributed by atoms with Crippen LogP contribution in [0.5, 0.6) is 0 Å². The van der Waals surface area contributed by atoms with Gasteiger partial charge in [-0.25, -0.2) is 0 Å². The van der Waals surface area contributed by atoms with Gasteiger partial charge in [-0.2, -0.15) is 0 Å². The van der Waals surface area contributed by atoms with Crippen LogP contribution < -0.4 is 11.1 Å². The Morgan fingerprint density at radius 2 is 2.30 bits per heavy atom. The van der Waals surface area contributed by atoms with Crippen LogP contribution in [0.3, 0.4) is 0 Å². The maximum atomic E-state index is 9.11. The number of rotatable bonds is 4. The Labute approximate surface area is 61.6 Å². The minimum atomic E-state index is -0.0993. The van der Waals surface area contributed by atoms with Gasteiger partial charge >= 0.3 is 0 Å². The molecule has 0 unspecified atom stereocenters. The van der Waals surface area contributed by atoms with Crippen LogP contribution in [-0.2, 0) is 0 Å². The van der Waals surface area contributed by atoms with Crippen molar-refractivity contribution in [3.05, 3.63) is 0 Å². The third-order valence-electron chi connectivity index (χ3n) is 2.03. The fourth-order valence-electron chi connectivity index (χ4n) is 1.11. The van der Waals surface area contributed by atoms with Gasteiger partial charge in [0, 0.05) is 6.04 Å². The standard InChI is InChI=1S/C7H16N2O/c8-4-1-5-9-6-2-3-7(6)10/h6-7,9-10H,1-5,8H2/t6-,7-/m1/s1. The molecule has 0 bridgehead atoms. The van der Waals surface area contributed by atoms with E-state index in [0.29, 0.717) is 6.04 Å². The van der Waals surface area contributed by atoms with E-state index in [0.717, 1.165) is 32.4 Å². The summed E-state index contributed by atoms with van der Waals surface area (Å²) in [6, 6.07) is 0.353. The van der Waals surface area contributed by atoms with E-state index in [-0.39, 0.29) is 6.10 Å². The molecule has 0 amide bonds. The third-order valence-corrected chi connectivity index (χ3v) is 2.03. The van der Waals surface area contributed by atoms with E-state index in [9.17, 15) is 0 Å². The van der Waals surface area contributed by atoms with Crippen molar-refractivity contribution in [3.8, 4) is 0 Å². The first-order valence-electron chi connectivity index (χ1n) is 3.96. The lowest BCUT2D eigenvalue weighted by Gasteiger charge is -2.33. The van der Waals surface area contributed by atoms with Gasteiger partial charge in [-0.15, -0.1) is 0 Å². The van der Waals surface area contributed by atoms with Crippen LogP contribution in [-0.4, -0.2) is 30.3 Å². The summed E-state index contributed by atoms with van der Waals surface area (Å²) in [5, 5.41) is 12.4. The summed E-state index contributed by atoms with van der Waals surface area (Å²) in [5.74, 6) is 0. The minimum Gasteiger partial charge on any atom is -0.392 e. The first-order chi connectivity index (χ1) is 4.84. The first-order valence-corrected chi connectivity index (χ1v) is 3.96. The second kappa shape index (κ2) is 3.91. The Morgan fingerprint density at radius 1 is 1.50 bits per heavy atom. The molecule has 0 aromatic heterocycles. The predicted molar refractivity (Wildman–Crippen MR) is 40.7 cm³/mol. The summed E-state index contributed by atoms with van der Waals surface area (Å²) < 4.78 is 0. The second-order valence-electron chi connectivity index (χ2n) is 2.85. The van der Waals surface area contributed by atoms with Gasteiger partial charge in [-0.1, -0.05) is 0 Å². The molecule has 0 aliphatic heterocycles. The van der Waals surface area contributed by atoms with E-state index in [1.165, 1.54) is 0 Å². The second-order valence-corrected chi connectivity index (χ2v) is 2.85. The Hall–Kier alpha value is -0.120. The number of nitrogens with two attached hydrogens (primary N) is 1. The van der Waals surface area contributed by atoms with Crippen LogP contribution in [0.4, 0.5) is 0 Å². The molecule has 0 aromatic carbocycles. The highest BCUT2D eigenvalue weighted by molar-refractivity contribution is 4.85. The van der Waals surface area contributed by atoms with Gasteiger partial charge in [0.15, 0.2) is 0 Å². The highest BCUT2D eigenvalue weighted by atomic mass is 16.3. The van der Waals surface area contributed by atoms with Crippen molar-refractivity contribution in [2.75, 3.05) is 13.1 Å². The third kappa shape index (κ3) is 1.94. The molecule has 1 fully saturated rings. The fourth-order valence-corrected chi connectivity index (χ4v) is 1.11. The molecule has 2 atom stereocenters. The van der Waals surface area contributed by atoms with Crippen LogP contribution in [0.15, 0.2) is 0 Å². The lowest BCUT2D eigenvalue weighted by molar-refractivity contribution is 0.0503. The summed E-state index contributed by atoms with van der Waals surface area (Å²) >= 11 is 0. The molecule has 0 aromatic rings. The van der Waals surface area contributed by atoms with Crippen LogP contribution in [0.1, 0.15) is 19.3 Å². The fraction of sp³-hybridized carbons (Fsp3) is 1.00. The van der Waals surface area contributed by atoms with E-state index < -0.39 is 0 Å². The van der Waals surface area contributed by atoms with Crippen LogP contribution >= 0.6 is 0 Å². The Morgan fingerprint density at radius 3 is 2.70 bits per heavy atom. The number of aliphatic hydroxyl groups is 1. The van der Waals surface area contributed by atoms with Crippen LogP contribution in [0, 0.1) is 0 Å². The van der Waals surface area contributed by atoms with Crippen molar-refractivity contribution < 1.29 is 5.11 Å². The maximum Gasteiger partial charge on any atom is 0.0693 e. The monoisotopic (exact) mass is 144 g/mol. The molecule has 0 heterocycles. The van der Waals surface area contributed by atoms with Crippen LogP contribution in [0.2, 0.25) is 0 Å². The molecule has 0 spiro atoms. The Bertz CT molecular complexity index is 97.6. The SMILES string of the molecule is NCCCN[C@@H]1CC[C@H]1O. The predicted octanol–water partition coefficient (Wildman–Crippen LogP) is -0.552. The van der Waals surface area contributed by atoms with Crippen molar-refractivity contribution in [3.63, 3.8) is 0 Å². The van der Waals surface area contributed by atoms with E-state index in [1.807, 2.05) is 0 Å². The number of nitrogens with one attached hydrogen (secondary N) is 1. The van der Waals surface area contributed by atoms with E-state index >= 15 is 0 Å². The number of aliphatic hydroxyl groups excluding tert-OH is 1. The van der Waals surface area contributed by atoms with Gasteiger partial charge in [-0.3, -0.25) is 0 Å². The highest BCUT2D eigenvalue weighted by Gasteiger charge is 2.27. The van der Waals surface area contributed by atoms with Gasteiger partial charge in [-0.05, 0) is 32.4 Å². The van der Waals surface area contributed by atoms with Crippen molar-refractivity contribution in [2.24, 2.45) is 5.73 Å².